The predicted molar refractivity (Wildman–Crippen MR) is 82.4 cm³/mol. The molecule has 18 heavy (non-hydrogen) atoms. The molecule has 0 aromatic rings. The quantitative estimate of drug-likeness (QED) is 0.525. The molecule has 0 rings (SSSR count). The van der Waals surface area contributed by atoms with Crippen molar-refractivity contribution < 1.29 is 9.53 Å². The Balaban J connectivity index is 4.86. The Kier molecular flexibility index (Phi) is 7.41. The molecule has 2 nitrogen and oxygen atoms in total. The van der Waals surface area contributed by atoms with Crippen LogP contribution in [0, 0.1) is 5.92 Å². The summed E-state index contributed by atoms with van der Waals surface area (Å²) in [5, 5.41) is 10.1. The fraction of sp³-hybridized carbons (Fsp3) is 0.867. The molecule has 108 valence electrons. The minimum absolute atomic E-state index is 0.0863. The number of hydrogen-bond donors (Lipinski definition) is 1. The van der Waals surface area contributed by atoms with Gasteiger partial charge in [0.2, 0.25) is 0 Å². The molecule has 0 aliphatic heterocycles. The van der Waals surface area contributed by atoms with Crippen molar-refractivity contribution in [2.24, 2.45) is 5.92 Å². The maximum atomic E-state index is 10.1. The second-order valence-electron chi connectivity index (χ2n) is 6.29. The summed E-state index contributed by atoms with van der Waals surface area (Å²) in [5.41, 5.74) is 1.68. The first-order valence-electron chi connectivity index (χ1n) is 7.14. The molecule has 0 saturated carbocycles. The summed E-state index contributed by atoms with van der Waals surface area (Å²) >= 11 is 0. The highest BCUT2D eigenvalue weighted by Crippen LogP contribution is 2.42. The minimum Gasteiger partial charge on any atom is -0.413 e. The van der Waals surface area contributed by atoms with Gasteiger partial charge in [-0.25, -0.2) is 0 Å². The van der Waals surface area contributed by atoms with E-state index in [1.807, 2.05) is 6.92 Å². The van der Waals surface area contributed by atoms with Crippen LogP contribution in [0.15, 0.2) is 12.7 Å². The molecule has 0 fully saturated rings. The summed E-state index contributed by atoms with van der Waals surface area (Å²) < 4.78 is 6.34. The number of rotatable bonds is 8. The van der Waals surface area contributed by atoms with Crippen molar-refractivity contribution in [1.29, 1.82) is 0 Å². The highest BCUT2D eigenvalue weighted by Gasteiger charge is 2.45. The Morgan fingerprint density at radius 1 is 1.00 bits per heavy atom. The summed E-state index contributed by atoms with van der Waals surface area (Å²) in [7, 11) is -1.84. The smallest absolute Gasteiger partial charge is 0.200 e. The zero-order valence-electron chi connectivity index (χ0n) is 13.2. The summed E-state index contributed by atoms with van der Waals surface area (Å²) in [6.07, 6.45) is 1.35. The maximum Gasteiger partial charge on any atom is 0.200 e. The first-order valence-corrected chi connectivity index (χ1v) is 9.28. The Morgan fingerprint density at radius 2 is 1.39 bits per heavy atom. The van der Waals surface area contributed by atoms with Crippen molar-refractivity contribution in [3.05, 3.63) is 12.7 Å². The van der Waals surface area contributed by atoms with Gasteiger partial charge in [0.05, 0.1) is 12.7 Å². The van der Waals surface area contributed by atoms with E-state index < -0.39 is 14.4 Å². The van der Waals surface area contributed by atoms with Crippen molar-refractivity contribution in [3.63, 3.8) is 0 Å². The molecule has 0 aliphatic carbocycles. The Morgan fingerprint density at radius 3 is 1.67 bits per heavy atom. The van der Waals surface area contributed by atoms with E-state index in [0.29, 0.717) is 23.2 Å². The summed E-state index contributed by atoms with van der Waals surface area (Å²) in [5.74, 6) is 0.0863. The Labute approximate surface area is 115 Å². The van der Waals surface area contributed by atoms with E-state index in [1.54, 1.807) is 6.08 Å². The van der Waals surface area contributed by atoms with Crippen molar-refractivity contribution in [1.82, 2.24) is 0 Å². The van der Waals surface area contributed by atoms with E-state index in [4.69, 9.17) is 4.43 Å². The van der Waals surface area contributed by atoms with E-state index in [2.05, 4.69) is 48.1 Å². The molecular formula is C15H32O2Si. The predicted octanol–water partition coefficient (Wildman–Crippen LogP) is 4.36. The molecule has 0 amide bonds. The van der Waals surface area contributed by atoms with Gasteiger partial charge in [0.25, 0.3) is 0 Å². The standard InChI is InChI=1S/C15H32O2Si/c1-9-14(8)15(16)10-17-18(11(2)3,12(4)5)13(6)7/h9,11-16H,1,10H2,2-8H3/t14-,15+/m1/s1. The molecule has 0 saturated heterocycles. The molecule has 1 N–H and O–H groups in total. The third-order valence-corrected chi connectivity index (χ3v) is 10.3. The largest absolute Gasteiger partial charge is 0.413 e. The van der Waals surface area contributed by atoms with Gasteiger partial charge < -0.3 is 9.53 Å². The van der Waals surface area contributed by atoms with Gasteiger partial charge in [-0.1, -0.05) is 54.5 Å². The highest BCUT2D eigenvalue weighted by atomic mass is 28.4. The molecule has 0 aromatic carbocycles. The van der Waals surface area contributed by atoms with E-state index in [-0.39, 0.29) is 5.92 Å². The highest BCUT2D eigenvalue weighted by molar-refractivity contribution is 6.77. The SMILES string of the molecule is C=C[C@@H](C)[C@@H](O)CO[Si](C(C)C)(C(C)C)C(C)C. The third-order valence-electron chi connectivity index (χ3n) is 4.19. The molecule has 0 radical (unpaired) electrons. The topological polar surface area (TPSA) is 29.5 Å². The second kappa shape index (κ2) is 7.46. The van der Waals surface area contributed by atoms with Crippen molar-refractivity contribution in [2.75, 3.05) is 6.61 Å². The van der Waals surface area contributed by atoms with Gasteiger partial charge in [-0.15, -0.1) is 6.58 Å². The monoisotopic (exact) mass is 272 g/mol. The fourth-order valence-corrected chi connectivity index (χ4v) is 8.50. The molecule has 0 aromatic heterocycles. The van der Waals surface area contributed by atoms with Crippen molar-refractivity contribution in [2.45, 2.75) is 71.2 Å². The summed E-state index contributed by atoms with van der Waals surface area (Å²) in [6, 6.07) is 0. The van der Waals surface area contributed by atoms with Crippen LogP contribution in [-0.2, 0) is 4.43 Å². The molecular weight excluding hydrogens is 240 g/mol. The molecule has 0 heterocycles. The molecule has 0 aliphatic rings. The first-order chi connectivity index (χ1) is 8.20. The molecule has 0 unspecified atom stereocenters. The van der Waals surface area contributed by atoms with E-state index in [9.17, 15) is 5.11 Å². The third kappa shape index (κ3) is 3.94. The summed E-state index contributed by atoms with van der Waals surface area (Å²) in [4.78, 5) is 0. The normalized spacial score (nSPS) is 16.4. The lowest BCUT2D eigenvalue weighted by molar-refractivity contribution is 0.0711. The van der Waals surface area contributed by atoms with Crippen LogP contribution in [0.1, 0.15) is 48.5 Å². The van der Waals surface area contributed by atoms with E-state index in [1.165, 1.54) is 0 Å². The zero-order chi connectivity index (χ0) is 14.5. The van der Waals surface area contributed by atoms with Crippen LogP contribution in [0.3, 0.4) is 0 Å². The van der Waals surface area contributed by atoms with Gasteiger partial charge in [-0.3, -0.25) is 0 Å². The lowest BCUT2D eigenvalue weighted by atomic mass is 10.1. The van der Waals surface area contributed by atoms with Gasteiger partial charge in [-0.05, 0) is 16.6 Å². The van der Waals surface area contributed by atoms with E-state index in [0.717, 1.165) is 0 Å². The molecule has 0 bridgehead atoms. The van der Waals surface area contributed by atoms with Crippen LogP contribution in [0.4, 0.5) is 0 Å². The van der Waals surface area contributed by atoms with Crippen molar-refractivity contribution in [3.8, 4) is 0 Å². The lowest BCUT2D eigenvalue weighted by Crippen LogP contribution is -2.49. The van der Waals surface area contributed by atoms with Crippen LogP contribution in [0.5, 0.6) is 0 Å². The maximum absolute atomic E-state index is 10.1. The van der Waals surface area contributed by atoms with E-state index >= 15 is 0 Å². The van der Waals surface area contributed by atoms with Gasteiger partial charge in [0.15, 0.2) is 8.32 Å². The minimum atomic E-state index is -1.84. The molecule has 3 heteroatoms. The second-order valence-corrected chi connectivity index (χ2v) is 11.8. The van der Waals surface area contributed by atoms with Crippen molar-refractivity contribution >= 4 is 8.32 Å². The molecule has 0 spiro atoms. The Hall–Kier alpha value is -0.123. The van der Waals surface area contributed by atoms with Crippen LogP contribution >= 0.6 is 0 Å². The van der Waals surface area contributed by atoms with Gasteiger partial charge >= 0.3 is 0 Å². The Bertz CT molecular complexity index is 227. The average Bonchev–Trinajstić information content (AvgIpc) is 2.26. The zero-order valence-corrected chi connectivity index (χ0v) is 14.2. The first kappa shape index (κ1) is 17.9. The van der Waals surface area contributed by atoms with Gasteiger partial charge in [0.1, 0.15) is 0 Å². The number of aliphatic hydroxyl groups is 1. The number of hydrogen-bond acceptors (Lipinski definition) is 2. The van der Waals surface area contributed by atoms with Gasteiger partial charge in [0, 0.05) is 5.92 Å². The lowest BCUT2D eigenvalue weighted by Gasteiger charge is -2.42. The van der Waals surface area contributed by atoms with Crippen LogP contribution in [-0.4, -0.2) is 26.1 Å². The number of aliphatic hydroxyl groups excluding tert-OH is 1. The van der Waals surface area contributed by atoms with Crippen LogP contribution in [0.25, 0.3) is 0 Å². The fourth-order valence-electron chi connectivity index (χ4n) is 3.04. The molecule has 2 atom stereocenters. The van der Waals surface area contributed by atoms with Crippen LogP contribution in [0.2, 0.25) is 16.6 Å². The average molecular weight is 273 g/mol. The summed E-state index contributed by atoms with van der Waals surface area (Å²) in [6.45, 7) is 19.7. The van der Waals surface area contributed by atoms with Gasteiger partial charge in [-0.2, -0.15) is 0 Å². The van der Waals surface area contributed by atoms with Crippen LogP contribution < -0.4 is 0 Å².